The molecule has 1 aromatic carbocycles. The number of nitrogens with zero attached hydrogens (tertiary/aromatic N) is 2. The first-order valence-electron chi connectivity index (χ1n) is 5.20. The van der Waals surface area contributed by atoms with Crippen molar-refractivity contribution in [1.82, 2.24) is 5.01 Å². The second-order valence-corrected chi connectivity index (χ2v) is 3.75. The van der Waals surface area contributed by atoms with Gasteiger partial charge in [0.2, 0.25) is 0 Å². The van der Waals surface area contributed by atoms with E-state index in [1.807, 2.05) is 13.1 Å². The summed E-state index contributed by atoms with van der Waals surface area (Å²) in [5.41, 5.74) is 2.49. The predicted molar refractivity (Wildman–Crippen MR) is 59.5 cm³/mol. The number of rotatable bonds is 1. The Bertz CT molecular complexity index is 316. The summed E-state index contributed by atoms with van der Waals surface area (Å²) in [6.07, 6.45) is 3.60. The van der Waals surface area contributed by atoms with Crippen LogP contribution in [0.3, 0.4) is 0 Å². The molecule has 0 aromatic heterocycles. The Morgan fingerprint density at radius 3 is 2.71 bits per heavy atom. The molecule has 2 heteroatoms. The molecule has 0 saturated carbocycles. The first kappa shape index (κ1) is 9.25. The number of hydrazone groups is 1. The van der Waals surface area contributed by atoms with Crippen LogP contribution in [0.1, 0.15) is 24.8 Å². The van der Waals surface area contributed by atoms with Crippen molar-refractivity contribution in [2.75, 3.05) is 13.6 Å². The summed E-state index contributed by atoms with van der Waals surface area (Å²) in [6.45, 7) is 1.08. The SMILES string of the molecule is CN1CCCCC(c2ccccc2)=N1. The van der Waals surface area contributed by atoms with Gasteiger partial charge in [-0.2, -0.15) is 5.10 Å². The average Bonchev–Trinajstić information content (AvgIpc) is 2.44. The van der Waals surface area contributed by atoms with Crippen molar-refractivity contribution in [3.05, 3.63) is 35.9 Å². The normalized spacial score (nSPS) is 17.5. The zero-order valence-electron chi connectivity index (χ0n) is 8.61. The Kier molecular flexibility index (Phi) is 2.82. The molecule has 0 amide bonds. The maximum atomic E-state index is 4.60. The highest BCUT2D eigenvalue weighted by Crippen LogP contribution is 2.12. The highest BCUT2D eigenvalue weighted by atomic mass is 15.4. The summed E-state index contributed by atoms with van der Waals surface area (Å²) >= 11 is 0. The number of hydrogen-bond acceptors (Lipinski definition) is 2. The summed E-state index contributed by atoms with van der Waals surface area (Å²) in [5.74, 6) is 0. The van der Waals surface area contributed by atoms with Gasteiger partial charge >= 0.3 is 0 Å². The quantitative estimate of drug-likeness (QED) is 0.661. The van der Waals surface area contributed by atoms with Crippen LogP contribution in [0.25, 0.3) is 0 Å². The lowest BCUT2D eigenvalue weighted by atomic mass is 10.1. The van der Waals surface area contributed by atoms with Crippen LogP contribution >= 0.6 is 0 Å². The molecule has 1 heterocycles. The van der Waals surface area contributed by atoms with Crippen molar-refractivity contribution < 1.29 is 0 Å². The second-order valence-electron chi connectivity index (χ2n) is 3.75. The van der Waals surface area contributed by atoms with Gasteiger partial charge in [0, 0.05) is 13.6 Å². The van der Waals surface area contributed by atoms with E-state index in [1.165, 1.54) is 24.1 Å². The van der Waals surface area contributed by atoms with Crippen LogP contribution < -0.4 is 0 Å². The maximum Gasteiger partial charge on any atom is 0.0677 e. The van der Waals surface area contributed by atoms with Crippen LogP contribution in [0.4, 0.5) is 0 Å². The summed E-state index contributed by atoms with van der Waals surface area (Å²) in [7, 11) is 2.05. The molecule has 0 aliphatic carbocycles. The van der Waals surface area contributed by atoms with Crippen LogP contribution in [0.5, 0.6) is 0 Å². The van der Waals surface area contributed by atoms with Gasteiger partial charge in [0.25, 0.3) is 0 Å². The number of hydrogen-bond donors (Lipinski definition) is 0. The van der Waals surface area contributed by atoms with Crippen molar-refractivity contribution in [2.45, 2.75) is 19.3 Å². The van der Waals surface area contributed by atoms with E-state index in [-0.39, 0.29) is 0 Å². The molecule has 0 atom stereocenters. The Balaban J connectivity index is 2.24. The van der Waals surface area contributed by atoms with E-state index >= 15 is 0 Å². The minimum atomic E-state index is 1.08. The highest BCUT2D eigenvalue weighted by Gasteiger charge is 2.08. The Morgan fingerprint density at radius 1 is 1.14 bits per heavy atom. The van der Waals surface area contributed by atoms with E-state index in [2.05, 4.69) is 34.4 Å². The van der Waals surface area contributed by atoms with E-state index in [9.17, 15) is 0 Å². The van der Waals surface area contributed by atoms with Gasteiger partial charge in [-0.25, -0.2) is 0 Å². The van der Waals surface area contributed by atoms with E-state index in [0.717, 1.165) is 13.0 Å². The second kappa shape index (κ2) is 4.27. The first-order valence-corrected chi connectivity index (χ1v) is 5.20. The van der Waals surface area contributed by atoms with Crippen LogP contribution in [0.2, 0.25) is 0 Å². The summed E-state index contributed by atoms with van der Waals surface area (Å²) in [5, 5.41) is 6.65. The van der Waals surface area contributed by atoms with Gasteiger partial charge in [-0.15, -0.1) is 0 Å². The maximum absolute atomic E-state index is 4.60. The van der Waals surface area contributed by atoms with Crippen LogP contribution in [0.15, 0.2) is 35.4 Å². The van der Waals surface area contributed by atoms with Gasteiger partial charge in [0.15, 0.2) is 0 Å². The van der Waals surface area contributed by atoms with Gasteiger partial charge in [-0.1, -0.05) is 30.3 Å². The zero-order valence-corrected chi connectivity index (χ0v) is 8.61. The largest absolute Gasteiger partial charge is 0.300 e. The zero-order chi connectivity index (χ0) is 9.80. The molecule has 0 bridgehead atoms. The molecule has 1 aliphatic heterocycles. The monoisotopic (exact) mass is 188 g/mol. The van der Waals surface area contributed by atoms with Crippen molar-refractivity contribution in [1.29, 1.82) is 0 Å². The summed E-state index contributed by atoms with van der Waals surface area (Å²) in [4.78, 5) is 0. The van der Waals surface area contributed by atoms with Crippen LogP contribution in [-0.4, -0.2) is 24.3 Å². The number of benzene rings is 1. The minimum Gasteiger partial charge on any atom is -0.300 e. The lowest BCUT2D eigenvalue weighted by Crippen LogP contribution is -2.12. The van der Waals surface area contributed by atoms with Crippen molar-refractivity contribution >= 4 is 5.71 Å². The van der Waals surface area contributed by atoms with Crippen LogP contribution in [0, 0.1) is 0 Å². The molecule has 0 fully saturated rings. The Labute approximate surface area is 85.2 Å². The summed E-state index contributed by atoms with van der Waals surface area (Å²) < 4.78 is 0. The fourth-order valence-electron chi connectivity index (χ4n) is 1.77. The topological polar surface area (TPSA) is 15.6 Å². The molecule has 74 valence electrons. The highest BCUT2D eigenvalue weighted by molar-refractivity contribution is 6.00. The third-order valence-corrected chi connectivity index (χ3v) is 2.54. The Morgan fingerprint density at radius 2 is 1.93 bits per heavy atom. The standard InChI is InChI=1S/C12H16N2/c1-14-10-6-5-9-12(13-14)11-7-3-2-4-8-11/h2-4,7-8H,5-6,9-10H2,1H3. The third-order valence-electron chi connectivity index (χ3n) is 2.54. The molecular weight excluding hydrogens is 172 g/mol. The average molecular weight is 188 g/mol. The van der Waals surface area contributed by atoms with Crippen LogP contribution in [-0.2, 0) is 0 Å². The molecule has 1 aromatic rings. The van der Waals surface area contributed by atoms with Gasteiger partial charge in [-0.3, -0.25) is 5.01 Å². The van der Waals surface area contributed by atoms with Gasteiger partial charge < -0.3 is 0 Å². The molecular formula is C12H16N2. The van der Waals surface area contributed by atoms with E-state index in [1.54, 1.807) is 0 Å². The van der Waals surface area contributed by atoms with E-state index < -0.39 is 0 Å². The minimum absolute atomic E-state index is 1.08. The first-order chi connectivity index (χ1) is 6.86. The van der Waals surface area contributed by atoms with Gasteiger partial charge in [-0.05, 0) is 24.8 Å². The van der Waals surface area contributed by atoms with Crippen molar-refractivity contribution in [3.8, 4) is 0 Å². The Hall–Kier alpha value is -1.31. The fourth-order valence-corrected chi connectivity index (χ4v) is 1.77. The van der Waals surface area contributed by atoms with E-state index in [4.69, 9.17) is 0 Å². The molecule has 0 N–H and O–H groups in total. The van der Waals surface area contributed by atoms with Crippen molar-refractivity contribution in [3.63, 3.8) is 0 Å². The lowest BCUT2D eigenvalue weighted by Gasteiger charge is -2.10. The smallest absolute Gasteiger partial charge is 0.0677 e. The lowest BCUT2D eigenvalue weighted by molar-refractivity contribution is 0.355. The van der Waals surface area contributed by atoms with Gasteiger partial charge in [0.1, 0.15) is 0 Å². The molecule has 0 spiro atoms. The molecule has 1 aliphatic rings. The molecule has 14 heavy (non-hydrogen) atoms. The third kappa shape index (κ3) is 2.13. The molecule has 0 saturated heterocycles. The molecule has 2 nitrogen and oxygen atoms in total. The fraction of sp³-hybridized carbons (Fsp3) is 0.417. The summed E-state index contributed by atoms with van der Waals surface area (Å²) in [6, 6.07) is 10.5. The molecule has 0 unspecified atom stereocenters. The van der Waals surface area contributed by atoms with Gasteiger partial charge in [0.05, 0.1) is 5.71 Å². The predicted octanol–water partition coefficient (Wildman–Crippen LogP) is 2.51. The van der Waals surface area contributed by atoms with E-state index in [0.29, 0.717) is 0 Å². The van der Waals surface area contributed by atoms with Crippen molar-refractivity contribution in [2.24, 2.45) is 5.10 Å². The molecule has 0 radical (unpaired) electrons. The molecule has 2 rings (SSSR count).